The van der Waals surface area contributed by atoms with Gasteiger partial charge in [0.25, 0.3) is 0 Å². The number of alkyl halides is 4. The summed E-state index contributed by atoms with van der Waals surface area (Å²) in [6.45, 7) is 0.117. The molecule has 0 fully saturated rings. The third-order valence-electron chi connectivity index (χ3n) is 3.35. The second kappa shape index (κ2) is 9.29. The molecule has 5 nitrogen and oxygen atoms in total. The lowest BCUT2D eigenvalue weighted by Gasteiger charge is -2.22. The van der Waals surface area contributed by atoms with Gasteiger partial charge in [-0.25, -0.2) is 18.6 Å². The van der Waals surface area contributed by atoms with Gasteiger partial charge in [0.1, 0.15) is 0 Å². The number of halogens is 4. The van der Waals surface area contributed by atoms with Crippen molar-refractivity contribution in [2.24, 2.45) is 0 Å². The minimum absolute atomic E-state index is 0.0224. The first-order valence-electron chi connectivity index (χ1n) is 7.57. The van der Waals surface area contributed by atoms with Crippen LogP contribution in [0.25, 0.3) is 0 Å². The smallest absolute Gasteiger partial charge is 0.388 e. The molecule has 0 spiro atoms. The summed E-state index contributed by atoms with van der Waals surface area (Å²) in [5, 5.41) is 4.96. The van der Waals surface area contributed by atoms with Crippen molar-refractivity contribution in [2.75, 3.05) is 0 Å². The lowest BCUT2D eigenvalue weighted by atomic mass is 10.0. The molecule has 0 unspecified atom stereocenters. The van der Waals surface area contributed by atoms with E-state index in [4.69, 9.17) is 0 Å². The second-order valence-electron chi connectivity index (χ2n) is 5.23. The van der Waals surface area contributed by atoms with Gasteiger partial charge in [-0.15, -0.1) is 0 Å². The molecule has 0 aliphatic heterocycles. The number of amides is 2. The van der Waals surface area contributed by atoms with Gasteiger partial charge >= 0.3 is 12.6 Å². The summed E-state index contributed by atoms with van der Waals surface area (Å²) in [5.74, 6) is -3.10. The van der Waals surface area contributed by atoms with Crippen LogP contribution in [0.3, 0.4) is 0 Å². The van der Waals surface area contributed by atoms with Crippen LogP contribution in [0.1, 0.15) is 38.7 Å². The molecule has 0 radical (unpaired) electrons. The van der Waals surface area contributed by atoms with Crippen LogP contribution >= 0.6 is 0 Å². The van der Waals surface area contributed by atoms with E-state index in [0.29, 0.717) is 12.0 Å². The molecule has 0 saturated heterocycles. The summed E-state index contributed by atoms with van der Waals surface area (Å²) in [4.78, 5) is 15.4. The van der Waals surface area contributed by atoms with Crippen molar-refractivity contribution in [3.63, 3.8) is 0 Å². The molecule has 2 amide bonds. The maximum absolute atomic E-state index is 13.4. The fourth-order valence-electron chi connectivity index (χ4n) is 1.94. The molecule has 24 heavy (non-hydrogen) atoms. The number of carbonyl (C=O) groups is 1. The average Bonchev–Trinajstić information content (AvgIpc) is 2.52. The minimum Gasteiger partial charge on any atom is -0.417 e. The molecule has 0 aliphatic carbocycles. The Balaban J connectivity index is 2.50. The van der Waals surface area contributed by atoms with Gasteiger partial charge in [0.15, 0.2) is 0 Å². The molecule has 9 heteroatoms. The van der Waals surface area contributed by atoms with Gasteiger partial charge in [0, 0.05) is 37.7 Å². The van der Waals surface area contributed by atoms with Crippen LogP contribution < -0.4 is 15.4 Å². The maximum atomic E-state index is 13.4. The van der Waals surface area contributed by atoms with Crippen molar-refractivity contribution in [1.82, 2.24) is 15.6 Å². The Morgan fingerprint density at radius 2 is 2.08 bits per heavy atom. The van der Waals surface area contributed by atoms with E-state index in [0.717, 1.165) is 0 Å². The summed E-state index contributed by atoms with van der Waals surface area (Å²) in [7, 11) is 0. The molecular formula is C15H21F4N3O2. The number of nitrogens with zero attached hydrogens (tertiary/aromatic N) is 1. The Labute approximate surface area is 137 Å². The topological polar surface area (TPSA) is 63.2 Å². The Morgan fingerprint density at radius 3 is 2.67 bits per heavy atom. The summed E-state index contributed by atoms with van der Waals surface area (Å²) < 4.78 is 55.1. The SMILES string of the molecule is CC[C@@H](CC(F)(F)CC)NC(=O)NCc1ccnc(OC(F)F)c1. The molecule has 1 heterocycles. The summed E-state index contributed by atoms with van der Waals surface area (Å²) in [6, 6.07) is 1.51. The fraction of sp³-hybridized carbons (Fsp3) is 0.600. The number of rotatable bonds is 9. The molecule has 1 aromatic rings. The van der Waals surface area contributed by atoms with Crippen molar-refractivity contribution in [2.45, 2.75) is 58.2 Å². The standard InChI is InChI=1S/C15H21F4N3O2/c1-3-11(8-15(18,19)4-2)22-14(23)21-9-10-5-6-20-12(7-10)24-13(16)17/h5-7,11,13H,3-4,8-9H2,1-2H3,(H2,21,22,23)/t11-/m0/s1. The van der Waals surface area contributed by atoms with Gasteiger partial charge in [0.2, 0.25) is 11.8 Å². The maximum Gasteiger partial charge on any atom is 0.388 e. The highest BCUT2D eigenvalue weighted by molar-refractivity contribution is 5.74. The van der Waals surface area contributed by atoms with Crippen molar-refractivity contribution in [3.8, 4) is 5.88 Å². The Hall–Kier alpha value is -2.06. The zero-order valence-corrected chi connectivity index (χ0v) is 13.5. The van der Waals surface area contributed by atoms with E-state index >= 15 is 0 Å². The van der Waals surface area contributed by atoms with Crippen LogP contribution in [0.4, 0.5) is 22.4 Å². The number of ether oxygens (including phenoxy) is 1. The largest absolute Gasteiger partial charge is 0.417 e. The van der Waals surface area contributed by atoms with Crippen LogP contribution in [0.2, 0.25) is 0 Å². The van der Waals surface area contributed by atoms with Gasteiger partial charge in [0.05, 0.1) is 0 Å². The van der Waals surface area contributed by atoms with Gasteiger partial charge in [-0.3, -0.25) is 0 Å². The van der Waals surface area contributed by atoms with Crippen LogP contribution in [0.5, 0.6) is 5.88 Å². The van der Waals surface area contributed by atoms with E-state index in [1.165, 1.54) is 25.3 Å². The number of urea groups is 1. The van der Waals surface area contributed by atoms with Crippen molar-refractivity contribution < 1.29 is 27.1 Å². The van der Waals surface area contributed by atoms with Crippen molar-refractivity contribution in [3.05, 3.63) is 23.9 Å². The highest BCUT2D eigenvalue weighted by Crippen LogP contribution is 2.24. The number of nitrogens with one attached hydrogen (secondary N) is 2. The van der Waals surface area contributed by atoms with E-state index in [9.17, 15) is 22.4 Å². The monoisotopic (exact) mass is 351 g/mol. The molecule has 1 atom stereocenters. The van der Waals surface area contributed by atoms with E-state index in [1.807, 2.05) is 0 Å². The molecule has 0 bridgehead atoms. The normalized spacial score (nSPS) is 12.8. The Morgan fingerprint density at radius 1 is 1.38 bits per heavy atom. The minimum atomic E-state index is -2.99. The number of carbonyl (C=O) groups excluding carboxylic acids is 1. The molecule has 0 aromatic carbocycles. The molecule has 1 rings (SSSR count). The van der Waals surface area contributed by atoms with Crippen LogP contribution in [0.15, 0.2) is 18.3 Å². The third kappa shape index (κ3) is 7.47. The average molecular weight is 351 g/mol. The first kappa shape index (κ1) is 20.0. The van der Waals surface area contributed by atoms with Crippen LogP contribution in [-0.4, -0.2) is 29.6 Å². The molecule has 2 N–H and O–H groups in total. The zero-order chi connectivity index (χ0) is 18.2. The first-order chi connectivity index (χ1) is 11.3. The van der Waals surface area contributed by atoms with Gasteiger partial charge in [-0.1, -0.05) is 13.8 Å². The van der Waals surface area contributed by atoms with Gasteiger partial charge < -0.3 is 15.4 Å². The van der Waals surface area contributed by atoms with E-state index in [2.05, 4.69) is 20.4 Å². The van der Waals surface area contributed by atoms with E-state index < -0.39 is 31.0 Å². The van der Waals surface area contributed by atoms with Crippen molar-refractivity contribution in [1.29, 1.82) is 0 Å². The molecular weight excluding hydrogens is 330 g/mol. The van der Waals surface area contributed by atoms with Gasteiger partial charge in [-0.2, -0.15) is 8.78 Å². The van der Waals surface area contributed by atoms with Crippen molar-refractivity contribution >= 4 is 6.03 Å². The first-order valence-corrected chi connectivity index (χ1v) is 7.57. The Bertz CT molecular complexity index is 529. The lowest BCUT2D eigenvalue weighted by Crippen LogP contribution is -2.43. The van der Waals surface area contributed by atoms with Gasteiger partial charge in [-0.05, 0) is 18.1 Å². The second-order valence-corrected chi connectivity index (χ2v) is 5.23. The summed E-state index contributed by atoms with van der Waals surface area (Å²) in [6.07, 6.45) is 0.902. The fourth-order valence-corrected chi connectivity index (χ4v) is 1.94. The molecule has 136 valence electrons. The third-order valence-corrected chi connectivity index (χ3v) is 3.35. The van der Waals surface area contributed by atoms with Crippen LogP contribution in [-0.2, 0) is 6.54 Å². The molecule has 0 aliphatic rings. The Kier molecular flexibility index (Phi) is 7.73. The van der Waals surface area contributed by atoms with E-state index in [-0.39, 0.29) is 18.8 Å². The lowest BCUT2D eigenvalue weighted by molar-refractivity contribution is -0.0529. The predicted molar refractivity (Wildman–Crippen MR) is 80.2 cm³/mol. The highest BCUT2D eigenvalue weighted by Gasteiger charge is 2.30. The highest BCUT2D eigenvalue weighted by atomic mass is 19.3. The van der Waals surface area contributed by atoms with E-state index in [1.54, 1.807) is 6.92 Å². The zero-order valence-electron chi connectivity index (χ0n) is 13.5. The number of hydrogen-bond acceptors (Lipinski definition) is 3. The number of pyridine rings is 1. The molecule has 1 aromatic heterocycles. The molecule has 0 saturated carbocycles. The quantitative estimate of drug-likeness (QED) is 0.667. The number of hydrogen-bond donors (Lipinski definition) is 2. The predicted octanol–water partition coefficient (Wildman–Crippen LogP) is 3.70. The van der Waals surface area contributed by atoms with Crippen LogP contribution in [0, 0.1) is 0 Å². The summed E-state index contributed by atoms with van der Waals surface area (Å²) in [5.41, 5.74) is 0.489. The number of aromatic nitrogens is 1. The summed E-state index contributed by atoms with van der Waals surface area (Å²) >= 11 is 0.